The van der Waals surface area contributed by atoms with Crippen LogP contribution in [0.15, 0.2) is 22.9 Å². The number of amides is 1. The highest BCUT2D eigenvalue weighted by molar-refractivity contribution is 9.10. The molecule has 0 N–H and O–H groups in total. The molecule has 17 heavy (non-hydrogen) atoms. The third kappa shape index (κ3) is 3.01. The Hall–Kier alpha value is -0.550. The molecule has 1 unspecified atom stereocenters. The largest absolute Gasteiger partial charge is 0.337 e. The average molecular weight is 315 g/mol. The van der Waals surface area contributed by atoms with Crippen LogP contribution in [-0.2, 0) is 0 Å². The van der Waals surface area contributed by atoms with E-state index in [0.29, 0.717) is 15.4 Å². The molecule has 5 heteroatoms. The number of halogens is 1. The van der Waals surface area contributed by atoms with Gasteiger partial charge in [-0.2, -0.15) is 11.8 Å². The molecule has 1 fully saturated rings. The van der Waals surface area contributed by atoms with Crippen LogP contribution in [-0.4, -0.2) is 39.9 Å². The van der Waals surface area contributed by atoms with Crippen molar-refractivity contribution in [2.24, 2.45) is 0 Å². The van der Waals surface area contributed by atoms with E-state index >= 15 is 0 Å². The van der Waals surface area contributed by atoms with Gasteiger partial charge in [0.05, 0.1) is 5.56 Å². The summed E-state index contributed by atoms with van der Waals surface area (Å²) in [5.74, 6) is 1.12. The molecular weight excluding hydrogens is 300 g/mol. The fourth-order valence-corrected chi connectivity index (χ4v) is 3.47. The molecule has 1 aliphatic rings. The van der Waals surface area contributed by atoms with Crippen molar-refractivity contribution in [1.29, 1.82) is 0 Å². The minimum Gasteiger partial charge on any atom is -0.337 e. The first kappa shape index (κ1) is 12.9. The van der Waals surface area contributed by atoms with E-state index in [1.54, 1.807) is 12.3 Å². The molecule has 1 aromatic rings. The van der Waals surface area contributed by atoms with Gasteiger partial charge in [-0.25, -0.2) is 4.98 Å². The molecule has 1 amide bonds. The Balaban J connectivity index is 2.12. The fourth-order valence-electron chi connectivity index (χ4n) is 1.87. The van der Waals surface area contributed by atoms with Crippen LogP contribution in [0.3, 0.4) is 0 Å². The molecule has 1 saturated heterocycles. The van der Waals surface area contributed by atoms with E-state index in [1.165, 1.54) is 0 Å². The van der Waals surface area contributed by atoms with Crippen molar-refractivity contribution in [2.45, 2.75) is 18.6 Å². The van der Waals surface area contributed by atoms with Crippen LogP contribution in [0.2, 0.25) is 0 Å². The van der Waals surface area contributed by atoms with Gasteiger partial charge < -0.3 is 4.90 Å². The summed E-state index contributed by atoms with van der Waals surface area (Å²) in [4.78, 5) is 18.4. The zero-order valence-electron chi connectivity index (χ0n) is 9.73. The van der Waals surface area contributed by atoms with E-state index in [-0.39, 0.29) is 5.91 Å². The lowest BCUT2D eigenvalue weighted by Crippen LogP contribution is -2.41. The second-order valence-electron chi connectivity index (χ2n) is 3.99. The normalized spacial score (nSPS) is 20.4. The maximum atomic E-state index is 12.3. The number of carbonyl (C=O) groups excluding carboxylic acids is 1. The first-order valence-electron chi connectivity index (χ1n) is 5.73. The molecule has 1 aliphatic heterocycles. The molecule has 2 heterocycles. The van der Waals surface area contributed by atoms with Gasteiger partial charge in [-0.15, -0.1) is 0 Å². The lowest BCUT2D eigenvalue weighted by Gasteiger charge is -2.32. The molecule has 0 spiro atoms. The van der Waals surface area contributed by atoms with Crippen molar-refractivity contribution in [1.82, 2.24) is 9.88 Å². The first-order valence-corrected chi connectivity index (χ1v) is 7.58. The predicted octanol–water partition coefficient (Wildman–Crippen LogP) is 2.81. The number of hydrogen-bond acceptors (Lipinski definition) is 3. The second-order valence-corrected chi connectivity index (χ2v) is 6.15. The highest BCUT2D eigenvalue weighted by atomic mass is 79.9. The molecule has 1 atom stereocenters. The summed E-state index contributed by atoms with van der Waals surface area (Å²) in [5, 5.41) is 0.572. The third-order valence-corrected chi connectivity index (χ3v) is 4.87. The number of carbonyl (C=O) groups is 1. The molecular formula is C12H15BrN2OS. The minimum atomic E-state index is 0.0868. The number of nitrogens with zero attached hydrogens (tertiary/aromatic N) is 2. The monoisotopic (exact) mass is 314 g/mol. The van der Waals surface area contributed by atoms with Crippen LogP contribution in [0.25, 0.3) is 0 Å². The second kappa shape index (κ2) is 5.87. The molecule has 0 aliphatic carbocycles. The average Bonchev–Trinajstić information content (AvgIpc) is 2.38. The van der Waals surface area contributed by atoms with Gasteiger partial charge in [0.2, 0.25) is 0 Å². The minimum absolute atomic E-state index is 0.0868. The smallest absolute Gasteiger partial charge is 0.256 e. The van der Waals surface area contributed by atoms with Crippen molar-refractivity contribution in [3.8, 4) is 0 Å². The molecule has 0 bridgehead atoms. The SMILES string of the molecule is CCC1CN(C(=O)c2cccnc2Br)CCS1. The zero-order chi connectivity index (χ0) is 12.3. The Morgan fingerprint density at radius 2 is 2.53 bits per heavy atom. The van der Waals surface area contributed by atoms with Crippen LogP contribution >= 0.6 is 27.7 Å². The number of thioether (sulfide) groups is 1. The standard InChI is InChI=1S/C12H15BrN2OS/c1-2-9-8-15(6-7-17-9)12(16)10-4-3-5-14-11(10)13/h3-5,9H,2,6-8H2,1H3. The van der Waals surface area contributed by atoms with E-state index in [0.717, 1.165) is 25.3 Å². The number of aromatic nitrogens is 1. The molecule has 0 radical (unpaired) electrons. The number of rotatable bonds is 2. The summed E-state index contributed by atoms with van der Waals surface area (Å²) in [6.45, 7) is 3.86. The van der Waals surface area contributed by atoms with E-state index in [4.69, 9.17) is 0 Å². The first-order chi connectivity index (χ1) is 8.22. The van der Waals surface area contributed by atoms with Crippen LogP contribution in [0.5, 0.6) is 0 Å². The van der Waals surface area contributed by atoms with Gasteiger partial charge in [0.25, 0.3) is 5.91 Å². The van der Waals surface area contributed by atoms with Gasteiger partial charge in [0, 0.05) is 30.3 Å². The van der Waals surface area contributed by atoms with Crippen molar-refractivity contribution in [2.75, 3.05) is 18.8 Å². The molecule has 1 aromatic heterocycles. The van der Waals surface area contributed by atoms with Crippen molar-refractivity contribution >= 4 is 33.6 Å². The third-order valence-electron chi connectivity index (χ3n) is 2.87. The summed E-state index contributed by atoms with van der Waals surface area (Å²) in [7, 11) is 0. The number of hydrogen-bond donors (Lipinski definition) is 0. The Kier molecular flexibility index (Phi) is 4.45. The Morgan fingerprint density at radius 1 is 1.71 bits per heavy atom. The zero-order valence-corrected chi connectivity index (χ0v) is 12.1. The van der Waals surface area contributed by atoms with Gasteiger partial charge in [-0.1, -0.05) is 6.92 Å². The van der Waals surface area contributed by atoms with Crippen molar-refractivity contribution < 1.29 is 4.79 Å². The van der Waals surface area contributed by atoms with E-state index in [2.05, 4.69) is 27.8 Å². The van der Waals surface area contributed by atoms with Gasteiger partial charge in [-0.3, -0.25) is 4.79 Å². The molecule has 3 nitrogen and oxygen atoms in total. The van der Waals surface area contributed by atoms with Gasteiger partial charge >= 0.3 is 0 Å². The number of pyridine rings is 1. The van der Waals surface area contributed by atoms with Crippen molar-refractivity contribution in [3.63, 3.8) is 0 Å². The highest BCUT2D eigenvalue weighted by Gasteiger charge is 2.25. The van der Waals surface area contributed by atoms with E-state index in [9.17, 15) is 4.79 Å². The quantitative estimate of drug-likeness (QED) is 0.787. The Labute approximate surface area is 114 Å². The van der Waals surface area contributed by atoms with Crippen LogP contribution in [0.1, 0.15) is 23.7 Å². The fraction of sp³-hybridized carbons (Fsp3) is 0.500. The van der Waals surface area contributed by atoms with Crippen LogP contribution in [0.4, 0.5) is 0 Å². The Morgan fingerprint density at radius 3 is 3.24 bits per heavy atom. The topological polar surface area (TPSA) is 33.2 Å². The summed E-state index contributed by atoms with van der Waals surface area (Å²) in [6, 6.07) is 3.62. The predicted molar refractivity (Wildman–Crippen MR) is 74.4 cm³/mol. The van der Waals surface area contributed by atoms with Crippen LogP contribution in [0, 0.1) is 0 Å². The van der Waals surface area contributed by atoms with Gasteiger partial charge in [0.1, 0.15) is 4.60 Å². The van der Waals surface area contributed by atoms with E-state index in [1.807, 2.05) is 22.7 Å². The van der Waals surface area contributed by atoms with Gasteiger partial charge in [0.15, 0.2) is 0 Å². The molecule has 0 saturated carbocycles. The molecule has 0 aromatic carbocycles. The van der Waals surface area contributed by atoms with Crippen LogP contribution < -0.4 is 0 Å². The van der Waals surface area contributed by atoms with Crippen molar-refractivity contribution in [3.05, 3.63) is 28.5 Å². The maximum Gasteiger partial charge on any atom is 0.256 e. The summed E-state index contributed by atoms with van der Waals surface area (Å²) < 4.78 is 0.635. The Bertz CT molecular complexity index is 413. The van der Waals surface area contributed by atoms with E-state index < -0.39 is 0 Å². The summed E-state index contributed by atoms with van der Waals surface area (Å²) >= 11 is 5.29. The maximum absolute atomic E-state index is 12.3. The molecule has 92 valence electrons. The summed E-state index contributed by atoms with van der Waals surface area (Å²) in [6.07, 6.45) is 2.80. The lowest BCUT2D eigenvalue weighted by molar-refractivity contribution is 0.0759. The lowest BCUT2D eigenvalue weighted by atomic mass is 10.2. The molecule has 2 rings (SSSR count). The summed E-state index contributed by atoms with van der Waals surface area (Å²) in [5.41, 5.74) is 0.661. The van der Waals surface area contributed by atoms with Gasteiger partial charge in [-0.05, 0) is 34.5 Å². The highest BCUT2D eigenvalue weighted by Crippen LogP contribution is 2.23.